The Morgan fingerprint density at radius 3 is 2.55 bits per heavy atom. The number of hydrogen-bond donors (Lipinski definition) is 2. The van der Waals surface area contributed by atoms with Crippen molar-refractivity contribution < 1.29 is 24.1 Å². The van der Waals surface area contributed by atoms with Crippen LogP contribution in [-0.2, 0) is 20.8 Å². The highest BCUT2D eigenvalue weighted by Gasteiger charge is 2.17. The van der Waals surface area contributed by atoms with Crippen molar-refractivity contribution in [2.75, 3.05) is 45.8 Å². The summed E-state index contributed by atoms with van der Waals surface area (Å²) in [6, 6.07) is 17.0. The van der Waals surface area contributed by atoms with Crippen LogP contribution in [0.1, 0.15) is 48.6 Å². The van der Waals surface area contributed by atoms with Crippen molar-refractivity contribution in [2.45, 2.75) is 38.3 Å². The van der Waals surface area contributed by atoms with Crippen LogP contribution in [0, 0.1) is 11.8 Å². The highest BCUT2D eigenvalue weighted by atomic mass is 35.5. The van der Waals surface area contributed by atoms with Crippen LogP contribution in [0.4, 0.5) is 5.69 Å². The van der Waals surface area contributed by atoms with Crippen LogP contribution in [0.25, 0.3) is 0 Å². The molecule has 2 aromatic carbocycles. The number of nitrogens with zero attached hydrogens (tertiary/aromatic N) is 2. The van der Waals surface area contributed by atoms with E-state index in [2.05, 4.69) is 38.6 Å². The summed E-state index contributed by atoms with van der Waals surface area (Å²) < 4.78 is 15.7. The molecule has 1 heterocycles. The Morgan fingerprint density at radius 1 is 1.07 bits per heavy atom. The SMILES string of the molecule is COC(=O)COc1cccnc1C#CCOCCCCCCN(Cc1ccccc1)CC(O)c1cc(Cl)c(N)c(Cl)c1. The third-order valence-corrected chi connectivity index (χ3v) is 7.03. The van der Waals surface area contributed by atoms with Gasteiger partial charge in [-0.2, -0.15) is 0 Å². The second kappa shape index (κ2) is 18.3. The van der Waals surface area contributed by atoms with Crippen molar-refractivity contribution in [3.8, 4) is 17.6 Å². The number of benzene rings is 2. The Labute approximate surface area is 257 Å². The number of ether oxygens (including phenoxy) is 3. The number of pyridine rings is 1. The number of anilines is 1. The number of unbranched alkanes of at least 4 members (excludes halogenated alkanes) is 3. The average molecular weight is 615 g/mol. The van der Waals surface area contributed by atoms with Crippen molar-refractivity contribution in [2.24, 2.45) is 0 Å². The maximum absolute atomic E-state index is 11.3. The fourth-order valence-corrected chi connectivity index (χ4v) is 4.66. The molecule has 0 amide bonds. The minimum atomic E-state index is -0.750. The number of methoxy groups -OCH3 is 1. The summed E-state index contributed by atoms with van der Waals surface area (Å²) in [4.78, 5) is 17.7. The van der Waals surface area contributed by atoms with E-state index < -0.39 is 12.1 Å². The summed E-state index contributed by atoms with van der Waals surface area (Å²) in [6.45, 7) is 2.67. The highest BCUT2D eigenvalue weighted by molar-refractivity contribution is 6.38. The minimum Gasteiger partial charge on any atom is -0.479 e. The number of aliphatic hydroxyl groups excluding tert-OH is 1. The third kappa shape index (κ3) is 11.5. The number of nitrogen functional groups attached to an aromatic ring is 1. The molecule has 3 rings (SSSR count). The molecule has 0 fully saturated rings. The molecule has 42 heavy (non-hydrogen) atoms. The van der Waals surface area contributed by atoms with Gasteiger partial charge in [0.05, 0.1) is 28.9 Å². The molecule has 0 saturated carbocycles. The summed E-state index contributed by atoms with van der Waals surface area (Å²) in [5.41, 5.74) is 8.44. The van der Waals surface area contributed by atoms with E-state index in [0.29, 0.717) is 45.9 Å². The van der Waals surface area contributed by atoms with Gasteiger partial charge in [0.2, 0.25) is 0 Å². The van der Waals surface area contributed by atoms with Crippen LogP contribution in [0.3, 0.4) is 0 Å². The molecule has 0 saturated heterocycles. The molecular weight excluding hydrogens is 577 g/mol. The Kier molecular flexibility index (Phi) is 14.4. The fraction of sp³-hybridized carbons (Fsp3) is 0.375. The van der Waals surface area contributed by atoms with E-state index in [1.165, 1.54) is 12.7 Å². The lowest BCUT2D eigenvalue weighted by Gasteiger charge is -2.26. The van der Waals surface area contributed by atoms with Gasteiger partial charge in [-0.05, 0) is 60.7 Å². The molecule has 3 aromatic rings. The first-order chi connectivity index (χ1) is 20.4. The van der Waals surface area contributed by atoms with Crippen molar-refractivity contribution in [3.63, 3.8) is 0 Å². The number of carbonyl (C=O) groups excluding carboxylic acids is 1. The lowest BCUT2D eigenvalue weighted by molar-refractivity contribution is -0.142. The van der Waals surface area contributed by atoms with Crippen LogP contribution in [0.15, 0.2) is 60.8 Å². The topological polar surface area (TPSA) is 107 Å². The van der Waals surface area contributed by atoms with Gasteiger partial charge in [-0.25, -0.2) is 9.78 Å². The molecule has 0 radical (unpaired) electrons. The number of esters is 1. The van der Waals surface area contributed by atoms with Gasteiger partial charge in [0.15, 0.2) is 18.1 Å². The smallest absolute Gasteiger partial charge is 0.343 e. The molecule has 0 bridgehead atoms. The van der Waals surface area contributed by atoms with E-state index in [9.17, 15) is 9.90 Å². The molecule has 0 spiro atoms. The highest BCUT2D eigenvalue weighted by Crippen LogP contribution is 2.31. The lowest BCUT2D eigenvalue weighted by Crippen LogP contribution is -2.29. The van der Waals surface area contributed by atoms with Crippen LogP contribution in [0.2, 0.25) is 10.0 Å². The second-order valence-corrected chi connectivity index (χ2v) is 10.4. The normalized spacial score (nSPS) is 11.5. The Balaban J connectivity index is 1.39. The molecule has 0 aliphatic carbocycles. The molecule has 1 aromatic heterocycles. The number of rotatable bonds is 16. The summed E-state index contributed by atoms with van der Waals surface area (Å²) in [5, 5.41) is 11.6. The van der Waals surface area contributed by atoms with E-state index in [1.54, 1.807) is 30.5 Å². The number of aromatic nitrogens is 1. The van der Waals surface area contributed by atoms with Gasteiger partial charge in [-0.3, -0.25) is 4.90 Å². The maximum atomic E-state index is 11.3. The molecule has 224 valence electrons. The zero-order chi connectivity index (χ0) is 30.2. The van der Waals surface area contributed by atoms with E-state index in [1.807, 2.05) is 18.2 Å². The lowest BCUT2D eigenvalue weighted by atomic mass is 10.1. The van der Waals surface area contributed by atoms with E-state index in [0.717, 1.165) is 38.8 Å². The zero-order valence-electron chi connectivity index (χ0n) is 23.7. The van der Waals surface area contributed by atoms with Crippen LogP contribution in [0.5, 0.6) is 5.75 Å². The van der Waals surface area contributed by atoms with Gasteiger partial charge in [-0.15, -0.1) is 0 Å². The second-order valence-electron chi connectivity index (χ2n) is 9.62. The minimum absolute atomic E-state index is 0.204. The first-order valence-corrected chi connectivity index (χ1v) is 14.5. The molecule has 8 nitrogen and oxygen atoms in total. The van der Waals surface area contributed by atoms with Crippen molar-refractivity contribution in [1.29, 1.82) is 0 Å². The number of carbonyl (C=O) groups is 1. The first kappa shape index (κ1) is 33.2. The van der Waals surface area contributed by atoms with E-state index in [4.69, 9.17) is 38.4 Å². The average Bonchev–Trinajstić information content (AvgIpc) is 3.00. The Hall–Kier alpha value is -3.32. The monoisotopic (exact) mass is 613 g/mol. The molecular formula is C32H37Cl2N3O5. The Bertz CT molecular complexity index is 1310. The summed E-state index contributed by atoms with van der Waals surface area (Å²) in [6.07, 6.45) is 4.81. The van der Waals surface area contributed by atoms with Gasteiger partial charge in [-0.1, -0.05) is 72.3 Å². The molecule has 10 heteroatoms. The Morgan fingerprint density at radius 2 is 1.81 bits per heavy atom. The van der Waals surface area contributed by atoms with Crippen LogP contribution in [-0.4, -0.2) is 61.0 Å². The fourth-order valence-electron chi connectivity index (χ4n) is 4.16. The van der Waals surface area contributed by atoms with Gasteiger partial charge in [0, 0.05) is 25.9 Å². The number of halogens is 2. The molecule has 1 unspecified atom stereocenters. The largest absolute Gasteiger partial charge is 0.479 e. The predicted molar refractivity (Wildman–Crippen MR) is 165 cm³/mol. The summed E-state index contributed by atoms with van der Waals surface area (Å²) in [7, 11) is 1.30. The van der Waals surface area contributed by atoms with Crippen LogP contribution < -0.4 is 10.5 Å². The quantitative estimate of drug-likeness (QED) is 0.0918. The first-order valence-electron chi connectivity index (χ1n) is 13.8. The van der Waals surface area contributed by atoms with Gasteiger partial charge < -0.3 is 25.1 Å². The predicted octanol–water partition coefficient (Wildman–Crippen LogP) is 5.69. The van der Waals surface area contributed by atoms with Crippen molar-refractivity contribution in [3.05, 3.63) is 87.7 Å². The third-order valence-electron chi connectivity index (χ3n) is 6.40. The van der Waals surface area contributed by atoms with Crippen molar-refractivity contribution in [1.82, 2.24) is 9.88 Å². The van der Waals surface area contributed by atoms with Gasteiger partial charge in [0.25, 0.3) is 0 Å². The van der Waals surface area contributed by atoms with Gasteiger partial charge in [0.1, 0.15) is 6.61 Å². The number of aliphatic hydroxyl groups is 1. The van der Waals surface area contributed by atoms with Crippen LogP contribution >= 0.6 is 23.2 Å². The standard InChI is InChI=1S/C32H37Cl2N3O5/c1-40-31(39)23-42-30-14-9-15-36-28(30)13-10-18-41-17-8-3-2-7-16-37(21-24-11-5-4-6-12-24)22-29(38)25-19-26(33)32(35)27(34)20-25/h4-6,9,11-12,14-15,19-20,29,38H,2-3,7-8,16-18,21-23,35H2,1H3. The van der Waals surface area contributed by atoms with E-state index in [-0.39, 0.29) is 13.2 Å². The molecule has 3 N–H and O–H groups in total. The summed E-state index contributed by atoms with van der Waals surface area (Å²) in [5.74, 6) is 5.81. The van der Waals surface area contributed by atoms with Crippen molar-refractivity contribution >= 4 is 34.9 Å². The maximum Gasteiger partial charge on any atom is 0.343 e. The molecule has 0 aliphatic rings. The molecule has 1 atom stereocenters. The van der Waals surface area contributed by atoms with Gasteiger partial charge >= 0.3 is 5.97 Å². The number of nitrogens with two attached hydrogens (primary N) is 1. The van der Waals surface area contributed by atoms with E-state index >= 15 is 0 Å². The summed E-state index contributed by atoms with van der Waals surface area (Å²) >= 11 is 12.4. The number of hydrogen-bond acceptors (Lipinski definition) is 8. The zero-order valence-corrected chi connectivity index (χ0v) is 25.2. The molecule has 0 aliphatic heterocycles.